The van der Waals surface area contributed by atoms with E-state index < -0.39 is 0 Å². The maximum Gasteiger partial charge on any atom is 0.191 e. The molecule has 0 aromatic heterocycles. The number of halogens is 1. The molecule has 1 rings (SSSR count). The molecule has 21 heavy (non-hydrogen) atoms. The zero-order chi connectivity index (χ0) is 15.0. The van der Waals surface area contributed by atoms with Gasteiger partial charge in [0.25, 0.3) is 0 Å². The number of methoxy groups -OCH3 is 1. The van der Waals surface area contributed by atoms with Gasteiger partial charge in [0, 0.05) is 38.8 Å². The van der Waals surface area contributed by atoms with Crippen LogP contribution in [-0.4, -0.2) is 52.0 Å². The van der Waals surface area contributed by atoms with Crippen molar-refractivity contribution in [2.75, 3.05) is 33.9 Å². The fourth-order valence-electron chi connectivity index (χ4n) is 3.21. The largest absolute Gasteiger partial charge is 0.383 e. The Bertz CT molecular complexity index is 309. The summed E-state index contributed by atoms with van der Waals surface area (Å²) in [5, 5.41) is 6.82. The topological polar surface area (TPSA) is 54.9 Å². The number of nitrogens with zero attached hydrogens (tertiary/aromatic N) is 1. The second-order valence-electron chi connectivity index (χ2n) is 5.31. The van der Waals surface area contributed by atoms with Crippen LogP contribution < -0.4 is 10.6 Å². The SMILES string of the molecule is CCOC1CC(NC(=NC)NCCOC)C1(CC)CC.I. The number of aliphatic imine (C=N–C) groups is 1. The van der Waals surface area contributed by atoms with E-state index in [0.717, 1.165) is 38.4 Å². The highest BCUT2D eigenvalue weighted by Gasteiger charge is 2.53. The third-order valence-corrected chi connectivity index (χ3v) is 4.60. The first-order chi connectivity index (χ1) is 9.68. The first-order valence-electron chi connectivity index (χ1n) is 7.76. The van der Waals surface area contributed by atoms with E-state index in [1.807, 2.05) is 0 Å². The molecule has 0 radical (unpaired) electrons. The molecule has 0 spiro atoms. The summed E-state index contributed by atoms with van der Waals surface area (Å²) < 4.78 is 10.9. The van der Waals surface area contributed by atoms with Gasteiger partial charge in [0.2, 0.25) is 0 Å². The molecule has 0 aliphatic heterocycles. The lowest BCUT2D eigenvalue weighted by Gasteiger charge is -2.55. The average Bonchev–Trinajstić information content (AvgIpc) is 2.46. The number of ether oxygens (including phenoxy) is 2. The van der Waals surface area contributed by atoms with Gasteiger partial charge in [-0.2, -0.15) is 0 Å². The van der Waals surface area contributed by atoms with Gasteiger partial charge in [-0.3, -0.25) is 4.99 Å². The maximum atomic E-state index is 5.90. The molecule has 0 bridgehead atoms. The van der Waals surface area contributed by atoms with Crippen LogP contribution in [0.25, 0.3) is 0 Å². The molecule has 6 heteroatoms. The van der Waals surface area contributed by atoms with Gasteiger partial charge in [-0.25, -0.2) is 0 Å². The minimum absolute atomic E-state index is 0. The number of guanidine groups is 1. The Hall–Kier alpha value is -0.0800. The van der Waals surface area contributed by atoms with E-state index in [0.29, 0.717) is 18.8 Å². The van der Waals surface area contributed by atoms with Crippen molar-refractivity contribution in [1.82, 2.24) is 10.6 Å². The van der Waals surface area contributed by atoms with Crippen LogP contribution in [0.5, 0.6) is 0 Å². The van der Waals surface area contributed by atoms with E-state index in [1.54, 1.807) is 14.2 Å². The molecule has 2 unspecified atom stereocenters. The summed E-state index contributed by atoms with van der Waals surface area (Å²) in [5.41, 5.74) is 0.231. The van der Waals surface area contributed by atoms with Crippen molar-refractivity contribution in [2.24, 2.45) is 10.4 Å². The minimum Gasteiger partial charge on any atom is -0.383 e. The van der Waals surface area contributed by atoms with Crippen molar-refractivity contribution in [3.05, 3.63) is 0 Å². The molecule has 1 aliphatic carbocycles. The number of nitrogens with one attached hydrogen (secondary N) is 2. The quantitative estimate of drug-likeness (QED) is 0.278. The highest BCUT2D eigenvalue weighted by atomic mass is 127. The monoisotopic (exact) mass is 413 g/mol. The minimum atomic E-state index is 0. The molecule has 0 heterocycles. The van der Waals surface area contributed by atoms with Crippen LogP contribution in [0, 0.1) is 5.41 Å². The summed E-state index contributed by atoms with van der Waals surface area (Å²) >= 11 is 0. The lowest BCUT2D eigenvalue weighted by molar-refractivity contribution is -0.133. The normalized spacial score (nSPS) is 24.0. The second-order valence-corrected chi connectivity index (χ2v) is 5.31. The van der Waals surface area contributed by atoms with Crippen LogP contribution in [0.2, 0.25) is 0 Å². The zero-order valence-corrected chi connectivity index (χ0v) is 16.4. The number of rotatable bonds is 8. The Kier molecular flexibility index (Phi) is 10.6. The summed E-state index contributed by atoms with van der Waals surface area (Å²) in [6.45, 7) is 8.82. The van der Waals surface area contributed by atoms with Gasteiger partial charge in [0.15, 0.2) is 5.96 Å². The summed E-state index contributed by atoms with van der Waals surface area (Å²) in [6, 6.07) is 0.433. The van der Waals surface area contributed by atoms with Crippen LogP contribution in [0.1, 0.15) is 40.0 Å². The van der Waals surface area contributed by atoms with Gasteiger partial charge in [0.1, 0.15) is 0 Å². The highest BCUT2D eigenvalue weighted by Crippen LogP contribution is 2.48. The first kappa shape index (κ1) is 20.9. The molecule has 0 amide bonds. The molecule has 0 aromatic carbocycles. The van der Waals surface area contributed by atoms with E-state index in [2.05, 4.69) is 36.4 Å². The van der Waals surface area contributed by atoms with Gasteiger partial charge < -0.3 is 20.1 Å². The van der Waals surface area contributed by atoms with Gasteiger partial charge in [-0.1, -0.05) is 13.8 Å². The zero-order valence-electron chi connectivity index (χ0n) is 14.1. The molecule has 0 aromatic rings. The van der Waals surface area contributed by atoms with Crippen LogP contribution in [-0.2, 0) is 9.47 Å². The third-order valence-electron chi connectivity index (χ3n) is 4.60. The molecule has 1 fully saturated rings. The molecule has 5 nitrogen and oxygen atoms in total. The van der Waals surface area contributed by atoms with Gasteiger partial charge in [0.05, 0.1) is 12.7 Å². The lowest BCUT2D eigenvalue weighted by Crippen LogP contribution is -2.65. The van der Waals surface area contributed by atoms with Crippen molar-refractivity contribution in [3.63, 3.8) is 0 Å². The first-order valence-corrected chi connectivity index (χ1v) is 7.76. The van der Waals surface area contributed by atoms with E-state index in [9.17, 15) is 0 Å². The van der Waals surface area contributed by atoms with E-state index in [1.165, 1.54) is 0 Å². The van der Waals surface area contributed by atoms with Crippen molar-refractivity contribution < 1.29 is 9.47 Å². The summed E-state index contributed by atoms with van der Waals surface area (Å²) in [4.78, 5) is 4.28. The Balaban J connectivity index is 0.00000400. The molecule has 2 atom stereocenters. The molecule has 1 saturated carbocycles. The smallest absolute Gasteiger partial charge is 0.191 e. The van der Waals surface area contributed by atoms with Crippen LogP contribution >= 0.6 is 24.0 Å². The molecular weight excluding hydrogens is 381 g/mol. The molecule has 0 saturated heterocycles. The van der Waals surface area contributed by atoms with Crippen LogP contribution in [0.15, 0.2) is 4.99 Å². The van der Waals surface area contributed by atoms with E-state index >= 15 is 0 Å². The Morgan fingerprint density at radius 2 is 1.95 bits per heavy atom. The fourth-order valence-corrected chi connectivity index (χ4v) is 3.21. The van der Waals surface area contributed by atoms with E-state index in [4.69, 9.17) is 9.47 Å². The fraction of sp³-hybridized carbons (Fsp3) is 0.933. The number of hydrogen-bond acceptors (Lipinski definition) is 3. The molecule has 1 aliphatic rings. The summed E-state index contributed by atoms with van der Waals surface area (Å²) in [5.74, 6) is 0.855. The number of hydrogen-bond donors (Lipinski definition) is 2. The van der Waals surface area contributed by atoms with Crippen molar-refractivity contribution in [2.45, 2.75) is 52.2 Å². The Morgan fingerprint density at radius 1 is 1.29 bits per heavy atom. The third kappa shape index (κ3) is 4.96. The highest BCUT2D eigenvalue weighted by molar-refractivity contribution is 14.0. The van der Waals surface area contributed by atoms with E-state index in [-0.39, 0.29) is 29.4 Å². The lowest BCUT2D eigenvalue weighted by atomic mass is 9.58. The van der Waals surface area contributed by atoms with Crippen molar-refractivity contribution in [1.29, 1.82) is 0 Å². The van der Waals surface area contributed by atoms with Gasteiger partial charge in [-0.05, 0) is 26.2 Å². The molecule has 126 valence electrons. The Morgan fingerprint density at radius 3 is 2.43 bits per heavy atom. The summed E-state index contributed by atoms with van der Waals surface area (Å²) in [7, 11) is 3.51. The van der Waals surface area contributed by atoms with Gasteiger partial charge >= 0.3 is 0 Å². The predicted octanol–water partition coefficient (Wildman–Crippen LogP) is 2.40. The van der Waals surface area contributed by atoms with Crippen molar-refractivity contribution >= 4 is 29.9 Å². The average molecular weight is 413 g/mol. The molecule has 2 N–H and O–H groups in total. The second kappa shape index (κ2) is 10.6. The van der Waals surface area contributed by atoms with Crippen LogP contribution in [0.4, 0.5) is 0 Å². The van der Waals surface area contributed by atoms with Gasteiger partial charge in [-0.15, -0.1) is 24.0 Å². The maximum absolute atomic E-state index is 5.90. The summed E-state index contributed by atoms with van der Waals surface area (Å²) in [6.07, 6.45) is 3.68. The van der Waals surface area contributed by atoms with Crippen molar-refractivity contribution in [3.8, 4) is 0 Å². The Labute approximate surface area is 146 Å². The van der Waals surface area contributed by atoms with Crippen LogP contribution in [0.3, 0.4) is 0 Å². The predicted molar refractivity (Wildman–Crippen MR) is 98.6 cm³/mol. The standard InChI is InChI=1S/C15H31N3O2.HI/c1-6-15(7-2)12(11-13(15)20-8-3)18-14(16-4)17-9-10-19-5;/h12-13H,6-11H2,1-5H3,(H2,16,17,18);1H. The molecular formula is C15H32IN3O2.